The first-order valence-electron chi connectivity index (χ1n) is 6.57. The molecule has 2 aromatic rings. The first kappa shape index (κ1) is 12.8. The summed E-state index contributed by atoms with van der Waals surface area (Å²) in [5.74, 6) is 0.704. The fourth-order valence-corrected chi connectivity index (χ4v) is 3.08. The van der Waals surface area contributed by atoms with E-state index in [1.807, 2.05) is 18.4 Å². The zero-order valence-electron chi connectivity index (χ0n) is 10.8. The Kier molecular flexibility index (Phi) is 3.63. The Labute approximate surface area is 115 Å². The predicted molar refractivity (Wildman–Crippen MR) is 75.5 cm³/mol. The summed E-state index contributed by atoms with van der Waals surface area (Å²) in [7, 11) is 0. The van der Waals surface area contributed by atoms with Crippen LogP contribution in [0.5, 0.6) is 0 Å². The molecule has 0 aliphatic heterocycles. The van der Waals surface area contributed by atoms with E-state index in [0.717, 1.165) is 25.0 Å². The summed E-state index contributed by atoms with van der Waals surface area (Å²) < 4.78 is 6.21. The maximum absolute atomic E-state index is 11.8. The van der Waals surface area contributed by atoms with E-state index in [-0.39, 0.29) is 5.56 Å². The second kappa shape index (κ2) is 5.40. The summed E-state index contributed by atoms with van der Waals surface area (Å²) in [6, 6.07) is 2.35. The van der Waals surface area contributed by atoms with Crippen LogP contribution in [0, 0.1) is 0 Å². The summed E-state index contributed by atoms with van der Waals surface area (Å²) in [6.07, 6.45) is 2.48. The molecule has 1 aliphatic carbocycles. The van der Waals surface area contributed by atoms with Crippen molar-refractivity contribution in [1.29, 1.82) is 0 Å². The van der Waals surface area contributed by atoms with Crippen molar-refractivity contribution in [2.45, 2.75) is 38.5 Å². The van der Waals surface area contributed by atoms with Crippen molar-refractivity contribution in [1.82, 2.24) is 15.3 Å². The molecule has 3 rings (SSSR count). The van der Waals surface area contributed by atoms with E-state index < -0.39 is 0 Å². The van der Waals surface area contributed by atoms with Gasteiger partial charge in [0, 0.05) is 12.6 Å². The second-order valence-corrected chi connectivity index (χ2v) is 5.69. The van der Waals surface area contributed by atoms with Gasteiger partial charge in [0.15, 0.2) is 0 Å². The van der Waals surface area contributed by atoms with E-state index >= 15 is 0 Å². The topological polar surface area (TPSA) is 67.0 Å². The number of thiophene rings is 1. The molecule has 0 aromatic carbocycles. The van der Waals surface area contributed by atoms with Gasteiger partial charge in [-0.3, -0.25) is 4.79 Å². The molecule has 0 amide bonds. The van der Waals surface area contributed by atoms with Crippen LogP contribution in [0.15, 0.2) is 16.2 Å². The first-order valence-corrected chi connectivity index (χ1v) is 7.45. The van der Waals surface area contributed by atoms with Gasteiger partial charge in [-0.05, 0) is 31.2 Å². The quantitative estimate of drug-likeness (QED) is 0.873. The largest absolute Gasteiger partial charge is 0.378 e. The molecule has 2 heterocycles. The molecule has 0 bridgehead atoms. The van der Waals surface area contributed by atoms with Gasteiger partial charge in [0.1, 0.15) is 10.5 Å². The second-order valence-electron chi connectivity index (χ2n) is 4.77. The summed E-state index contributed by atoms with van der Waals surface area (Å²) in [6.45, 7) is 3.40. The molecular weight excluding hydrogens is 262 g/mol. The summed E-state index contributed by atoms with van der Waals surface area (Å²) in [5.41, 5.74) is 0.740. The van der Waals surface area contributed by atoms with Crippen LogP contribution in [0.2, 0.25) is 0 Å². The van der Waals surface area contributed by atoms with Gasteiger partial charge in [-0.2, -0.15) is 0 Å². The summed E-state index contributed by atoms with van der Waals surface area (Å²) >= 11 is 1.43. The Hall–Kier alpha value is -1.24. The molecule has 1 fully saturated rings. The lowest BCUT2D eigenvalue weighted by Gasteiger charge is -2.35. The van der Waals surface area contributed by atoms with Gasteiger partial charge in [-0.15, -0.1) is 11.3 Å². The Morgan fingerprint density at radius 3 is 3.21 bits per heavy atom. The lowest BCUT2D eigenvalue weighted by Crippen LogP contribution is -2.45. The minimum Gasteiger partial charge on any atom is -0.378 e. The van der Waals surface area contributed by atoms with Crippen LogP contribution in [0.25, 0.3) is 10.2 Å². The first-order chi connectivity index (χ1) is 9.26. The molecule has 0 unspecified atom stereocenters. The predicted octanol–water partition coefficient (Wildman–Crippen LogP) is 1.64. The Balaban J connectivity index is 1.59. The van der Waals surface area contributed by atoms with Crippen LogP contribution < -0.4 is 10.9 Å². The molecule has 6 heteroatoms. The van der Waals surface area contributed by atoms with E-state index in [1.54, 1.807) is 0 Å². The maximum Gasteiger partial charge on any atom is 0.268 e. The van der Waals surface area contributed by atoms with Crippen molar-refractivity contribution in [3.8, 4) is 0 Å². The maximum atomic E-state index is 11.8. The molecule has 102 valence electrons. The smallest absolute Gasteiger partial charge is 0.268 e. The van der Waals surface area contributed by atoms with Crippen LogP contribution in [0.3, 0.4) is 0 Å². The molecule has 0 atom stereocenters. The average Bonchev–Trinajstić information content (AvgIpc) is 2.80. The number of nitrogens with zero attached hydrogens (tertiary/aromatic N) is 1. The average molecular weight is 279 g/mol. The van der Waals surface area contributed by atoms with Gasteiger partial charge in [-0.1, -0.05) is 0 Å². The van der Waals surface area contributed by atoms with Crippen molar-refractivity contribution < 1.29 is 4.74 Å². The molecule has 1 saturated carbocycles. The highest BCUT2D eigenvalue weighted by atomic mass is 32.1. The standard InChI is InChI=1S/C13H17N3O2S/c1-2-18-9-5-8(6-9)14-7-11-15-10-3-4-19-12(10)13(17)16-11/h3-4,8-9,14H,2,5-7H2,1H3,(H,15,16,17). The van der Waals surface area contributed by atoms with Gasteiger partial charge < -0.3 is 15.0 Å². The van der Waals surface area contributed by atoms with E-state index in [1.165, 1.54) is 11.3 Å². The zero-order valence-corrected chi connectivity index (χ0v) is 11.6. The molecule has 1 aliphatic rings. The number of ether oxygens (including phenoxy) is 1. The van der Waals surface area contributed by atoms with Crippen LogP contribution in [0.4, 0.5) is 0 Å². The summed E-state index contributed by atoms with van der Waals surface area (Å²) in [4.78, 5) is 19.1. The SMILES string of the molecule is CCOC1CC(NCc2nc3ccsc3c(=O)[nH]2)C1. The fraction of sp³-hybridized carbons (Fsp3) is 0.538. The van der Waals surface area contributed by atoms with Crippen LogP contribution in [0.1, 0.15) is 25.6 Å². The van der Waals surface area contributed by atoms with Crippen molar-refractivity contribution in [3.05, 3.63) is 27.6 Å². The van der Waals surface area contributed by atoms with Crippen molar-refractivity contribution in [2.75, 3.05) is 6.61 Å². The monoisotopic (exact) mass is 279 g/mol. The molecule has 2 aromatic heterocycles. The Morgan fingerprint density at radius 2 is 2.42 bits per heavy atom. The van der Waals surface area contributed by atoms with E-state index in [2.05, 4.69) is 15.3 Å². The summed E-state index contributed by atoms with van der Waals surface area (Å²) in [5, 5.41) is 5.29. The molecule has 0 saturated heterocycles. The normalized spacial score (nSPS) is 22.6. The number of H-pyrrole nitrogens is 1. The van der Waals surface area contributed by atoms with Crippen molar-refractivity contribution >= 4 is 21.6 Å². The van der Waals surface area contributed by atoms with Crippen molar-refractivity contribution in [3.63, 3.8) is 0 Å². The van der Waals surface area contributed by atoms with Gasteiger partial charge in [0.05, 0.1) is 18.2 Å². The van der Waals surface area contributed by atoms with Gasteiger partial charge in [-0.25, -0.2) is 4.98 Å². The highest BCUT2D eigenvalue weighted by Gasteiger charge is 2.28. The van der Waals surface area contributed by atoms with E-state index in [4.69, 9.17) is 4.74 Å². The number of nitrogens with one attached hydrogen (secondary N) is 2. The molecule has 5 nitrogen and oxygen atoms in total. The Bertz CT molecular complexity index is 616. The van der Waals surface area contributed by atoms with Gasteiger partial charge >= 0.3 is 0 Å². The molecule has 0 spiro atoms. The molecule has 19 heavy (non-hydrogen) atoms. The number of rotatable bonds is 5. The van der Waals surface area contributed by atoms with E-state index in [9.17, 15) is 4.79 Å². The highest BCUT2D eigenvalue weighted by Crippen LogP contribution is 2.23. The highest BCUT2D eigenvalue weighted by molar-refractivity contribution is 7.17. The van der Waals surface area contributed by atoms with Crippen LogP contribution in [-0.2, 0) is 11.3 Å². The third-order valence-corrected chi connectivity index (χ3v) is 4.32. The lowest BCUT2D eigenvalue weighted by atomic mass is 9.89. The third kappa shape index (κ3) is 2.70. The van der Waals surface area contributed by atoms with Gasteiger partial charge in [0.2, 0.25) is 0 Å². The minimum atomic E-state index is -0.0439. The molecular formula is C13H17N3O2S. The fourth-order valence-electron chi connectivity index (χ4n) is 2.35. The number of aromatic amines is 1. The van der Waals surface area contributed by atoms with Gasteiger partial charge in [0.25, 0.3) is 5.56 Å². The molecule has 2 N–H and O–H groups in total. The number of aromatic nitrogens is 2. The van der Waals surface area contributed by atoms with Crippen LogP contribution >= 0.6 is 11.3 Å². The number of fused-ring (bicyclic) bond motifs is 1. The third-order valence-electron chi connectivity index (χ3n) is 3.42. The lowest BCUT2D eigenvalue weighted by molar-refractivity contribution is -0.0103. The minimum absolute atomic E-state index is 0.0439. The molecule has 0 radical (unpaired) electrons. The van der Waals surface area contributed by atoms with E-state index in [0.29, 0.717) is 29.2 Å². The van der Waals surface area contributed by atoms with Crippen LogP contribution in [-0.4, -0.2) is 28.7 Å². The Morgan fingerprint density at radius 1 is 1.58 bits per heavy atom. The zero-order chi connectivity index (χ0) is 13.2. The number of hydrogen-bond acceptors (Lipinski definition) is 5. The van der Waals surface area contributed by atoms with Crippen molar-refractivity contribution in [2.24, 2.45) is 0 Å². The number of hydrogen-bond donors (Lipinski definition) is 2.